The zero-order valence-corrected chi connectivity index (χ0v) is 14.5. The highest BCUT2D eigenvalue weighted by molar-refractivity contribution is 6.33. The number of benzene rings is 2. The van der Waals surface area contributed by atoms with Crippen molar-refractivity contribution in [2.24, 2.45) is 0 Å². The Balaban J connectivity index is 2.03. The quantitative estimate of drug-likeness (QED) is 0.784. The molecule has 0 heterocycles. The lowest BCUT2D eigenvalue weighted by Gasteiger charge is -2.16. The Morgan fingerprint density at radius 1 is 1.24 bits per heavy atom. The van der Waals surface area contributed by atoms with E-state index in [0.717, 1.165) is 6.07 Å². The Labute approximate surface area is 149 Å². The minimum atomic E-state index is -0.862. The van der Waals surface area contributed by atoms with Crippen molar-refractivity contribution in [3.8, 4) is 5.75 Å². The fourth-order valence-corrected chi connectivity index (χ4v) is 2.21. The first-order valence-corrected chi connectivity index (χ1v) is 7.98. The first-order chi connectivity index (χ1) is 11.9. The molecule has 0 aliphatic rings. The monoisotopic (exact) mass is 365 g/mol. The minimum Gasteiger partial charge on any atom is -0.481 e. The van der Waals surface area contributed by atoms with Crippen molar-refractivity contribution in [1.29, 1.82) is 0 Å². The molecule has 0 radical (unpaired) electrons. The SMILES string of the molecule is CCOC(=O)c1cccc(O[C@H](C)C(=O)Nc2ccc(F)cc2Cl)c1. The van der Waals surface area contributed by atoms with E-state index in [4.69, 9.17) is 21.1 Å². The molecule has 0 fully saturated rings. The molecule has 2 aromatic carbocycles. The van der Waals surface area contributed by atoms with Gasteiger partial charge >= 0.3 is 5.97 Å². The molecule has 0 saturated heterocycles. The lowest BCUT2D eigenvalue weighted by molar-refractivity contribution is -0.122. The van der Waals surface area contributed by atoms with Crippen LogP contribution in [-0.2, 0) is 9.53 Å². The fourth-order valence-electron chi connectivity index (χ4n) is 1.99. The van der Waals surface area contributed by atoms with Crippen LogP contribution < -0.4 is 10.1 Å². The van der Waals surface area contributed by atoms with E-state index in [0.29, 0.717) is 11.3 Å². The molecule has 0 spiro atoms. The molecule has 5 nitrogen and oxygen atoms in total. The van der Waals surface area contributed by atoms with Crippen LogP contribution in [0.3, 0.4) is 0 Å². The van der Waals surface area contributed by atoms with Crippen molar-refractivity contribution < 1.29 is 23.5 Å². The van der Waals surface area contributed by atoms with Crippen LogP contribution in [0.15, 0.2) is 42.5 Å². The van der Waals surface area contributed by atoms with Gasteiger partial charge in [-0.2, -0.15) is 0 Å². The Morgan fingerprint density at radius 2 is 2.00 bits per heavy atom. The Hall–Kier alpha value is -2.60. The summed E-state index contributed by atoms with van der Waals surface area (Å²) in [7, 11) is 0. The maximum Gasteiger partial charge on any atom is 0.338 e. The maximum atomic E-state index is 13.0. The van der Waals surface area contributed by atoms with Crippen molar-refractivity contribution in [3.63, 3.8) is 0 Å². The summed E-state index contributed by atoms with van der Waals surface area (Å²) in [4.78, 5) is 23.9. The van der Waals surface area contributed by atoms with Gasteiger partial charge in [-0.3, -0.25) is 4.79 Å². The van der Waals surface area contributed by atoms with Crippen LogP contribution in [0.5, 0.6) is 5.75 Å². The summed E-state index contributed by atoms with van der Waals surface area (Å²) < 4.78 is 23.5. The number of nitrogens with one attached hydrogen (secondary N) is 1. The van der Waals surface area contributed by atoms with E-state index in [1.54, 1.807) is 32.0 Å². The molecule has 0 aliphatic heterocycles. The molecule has 0 aromatic heterocycles. The lowest BCUT2D eigenvalue weighted by atomic mass is 10.2. The van der Waals surface area contributed by atoms with E-state index in [1.807, 2.05) is 0 Å². The topological polar surface area (TPSA) is 64.6 Å². The number of hydrogen-bond acceptors (Lipinski definition) is 4. The molecule has 1 amide bonds. The van der Waals surface area contributed by atoms with Crippen LogP contribution >= 0.6 is 11.6 Å². The highest BCUT2D eigenvalue weighted by Crippen LogP contribution is 2.23. The van der Waals surface area contributed by atoms with Crippen LogP contribution in [0.1, 0.15) is 24.2 Å². The first-order valence-electron chi connectivity index (χ1n) is 7.60. The molecule has 0 aliphatic carbocycles. The highest BCUT2D eigenvalue weighted by Gasteiger charge is 2.17. The number of carbonyl (C=O) groups is 2. The molecule has 7 heteroatoms. The van der Waals surface area contributed by atoms with Crippen molar-refractivity contribution >= 4 is 29.2 Å². The normalized spacial score (nSPS) is 11.5. The summed E-state index contributed by atoms with van der Waals surface area (Å²) >= 11 is 5.88. The summed E-state index contributed by atoms with van der Waals surface area (Å²) in [5, 5.41) is 2.65. The van der Waals surface area contributed by atoms with Crippen LogP contribution in [0.25, 0.3) is 0 Å². The summed E-state index contributed by atoms with van der Waals surface area (Å²) in [5.74, 6) is -1.08. The van der Waals surface area contributed by atoms with Gasteiger partial charge in [0.25, 0.3) is 5.91 Å². The van der Waals surface area contributed by atoms with Crippen molar-refractivity contribution in [3.05, 3.63) is 58.9 Å². The smallest absolute Gasteiger partial charge is 0.338 e. The van der Waals surface area contributed by atoms with Gasteiger partial charge in [0, 0.05) is 0 Å². The average molecular weight is 366 g/mol. The van der Waals surface area contributed by atoms with Crippen molar-refractivity contribution in [1.82, 2.24) is 0 Å². The van der Waals surface area contributed by atoms with E-state index >= 15 is 0 Å². The number of esters is 1. The molecule has 2 rings (SSSR count). The Kier molecular flexibility index (Phi) is 6.36. The second kappa shape index (κ2) is 8.48. The highest BCUT2D eigenvalue weighted by atomic mass is 35.5. The van der Waals surface area contributed by atoms with Crippen LogP contribution in [-0.4, -0.2) is 24.6 Å². The molecule has 0 bridgehead atoms. The predicted octanol–water partition coefficient (Wildman–Crippen LogP) is 4.06. The second-order valence-corrected chi connectivity index (χ2v) is 5.53. The second-order valence-electron chi connectivity index (χ2n) is 5.12. The number of amides is 1. The summed E-state index contributed by atoms with van der Waals surface area (Å²) in [5.41, 5.74) is 0.609. The number of rotatable bonds is 6. The number of anilines is 1. The third kappa shape index (κ3) is 5.19. The van der Waals surface area contributed by atoms with Crippen molar-refractivity contribution in [2.75, 3.05) is 11.9 Å². The van der Waals surface area contributed by atoms with Crippen LogP contribution in [0.4, 0.5) is 10.1 Å². The van der Waals surface area contributed by atoms with Gasteiger partial charge in [-0.1, -0.05) is 17.7 Å². The number of halogens is 2. The minimum absolute atomic E-state index is 0.0878. The molecule has 0 saturated carbocycles. The van der Waals surface area contributed by atoms with E-state index < -0.39 is 23.8 Å². The zero-order chi connectivity index (χ0) is 18.4. The van der Waals surface area contributed by atoms with E-state index in [-0.39, 0.29) is 17.3 Å². The standard InChI is InChI=1S/C18H17ClFNO4/c1-3-24-18(23)12-5-4-6-14(9-12)25-11(2)17(22)21-16-8-7-13(20)10-15(16)19/h4-11H,3H2,1-2H3,(H,21,22)/t11-/m1/s1. The number of carbonyl (C=O) groups excluding carboxylic acids is 2. The molecule has 25 heavy (non-hydrogen) atoms. The van der Waals surface area contributed by atoms with E-state index in [9.17, 15) is 14.0 Å². The van der Waals surface area contributed by atoms with E-state index in [2.05, 4.69) is 5.32 Å². The maximum absolute atomic E-state index is 13.0. The Morgan fingerprint density at radius 3 is 2.68 bits per heavy atom. The molecule has 1 atom stereocenters. The molecular weight excluding hydrogens is 349 g/mol. The lowest BCUT2D eigenvalue weighted by Crippen LogP contribution is -2.30. The van der Waals surface area contributed by atoms with Gasteiger partial charge < -0.3 is 14.8 Å². The van der Waals surface area contributed by atoms with Gasteiger partial charge in [0.2, 0.25) is 0 Å². The molecule has 0 unspecified atom stereocenters. The average Bonchev–Trinajstić information content (AvgIpc) is 2.57. The predicted molar refractivity (Wildman–Crippen MR) is 92.5 cm³/mol. The molecule has 132 valence electrons. The third-order valence-corrected chi connectivity index (χ3v) is 3.53. The van der Waals surface area contributed by atoms with Gasteiger partial charge in [0.1, 0.15) is 11.6 Å². The summed E-state index contributed by atoms with van der Waals surface area (Å²) in [6.45, 7) is 3.52. The van der Waals surface area contributed by atoms with Crippen molar-refractivity contribution in [2.45, 2.75) is 20.0 Å². The number of hydrogen-bond donors (Lipinski definition) is 1. The fraction of sp³-hybridized carbons (Fsp3) is 0.222. The molecular formula is C18H17ClFNO4. The van der Waals surface area contributed by atoms with Crippen LogP contribution in [0, 0.1) is 5.82 Å². The first kappa shape index (κ1) is 18.7. The van der Waals surface area contributed by atoms with Gasteiger partial charge in [0.05, 0.1) is 22.9 Å². The van der Waals surface area contributed by atoms with Gasteiger partial charge in [-0.05, 0) is 50.2 Å². The number of ether oxygens (including phenoxy) is 2. The van der Waals surface area contributed by atoms with Gasteiger partial charge in [-0.15, -0.1) is 0 Å². The molecule has 1 N–H and O–H groups in total. The summed E-state index contributed by atoms with van der Waals surface area (Å²) in [6.07, 6.45) is -0.862. The third-order valence-electron chi connectivity index (χ3n) is 3.22. The van der Waals surface area contributed by atoms with E-state index in [1.165, 1.54) is 18.2 Å². The van der Waals surface area contributed by atoms with Crippen LogP contribution in [0.2, 0.25) is 5.02 Å². The summed E-state index contributed by atoms with van der Waals surface area (Å²) in [6, 6.07) is 9.99. The molecule has 2 aromatic rings. The zero-order valence-electron chi connectivity index (χ0n) is 13.7. The largest absolute Gasteiger partial charge is 0.481 e. The van der Waals surface area contributed by atoms with Gasteiger partial charge in [0.15, 0.2) is 6.10 Å². The van der Waals surface area contributed by atoms with Gasteiger partial charge in [-0.25, -0.2) is 9.18 Å². The Bertz CT molecular complexity index is 781.